The first-order chi connectivity index (χ1) is 19.1. The van der Waals surface area contributed by atoms with E-state index < -0.39 is 61.6 Å². The molecule has 216 valence electrons. The first kappa shape index (κ1) is 28.4. The van der Waals surface area contributed by atoms with Gasteiger partial charge in [0, 0.05) is 6.07 Å². The molecule has 5 rings (SSSR count). The van der Waals surface area contributed by atoms with Gasteiger partial charge in [-0.2, -0.15) is 0 Å². The Bertz CT molecular complexity index is 1380. The van der Waals surface area contributed by atoms with Crippen molar-refractivity contribution >= 4 is 11.0 Å². The summed E-state index contributed by atoms with van der Waals surface area (Å²) in [6, 6.07) is 11.2. The topological polar surface area (TPSA) is 198 Å². The van der Waals surface area contributed by atoms with Crippen LogP contribution in [0, 0.1) is 0 Å². The van der Waals surface area contributed by atoms with Crippen molar-refractivity contribution in [3.63, 3.8) is 0 Å². The summed E-state index contributed by atoms with van der Waals surface area (Å²) in [6.07, 6.45) is -14.4. The Labute approximate surface area is 227 Å². The molecule has 2 saturated heterocycles. The Morgan fingerprint density at radius 3 is 2.00 bits per heavy atom. The minimum absolute atomic E-state index is 0.0976. The van der Waals surface area contributed by atoms with Gasteiger partial charge in [-0.05, 0) is 36.8 Å². The maximum absolute atomic E-state index is 13.1. The van der Waals surface area contributed by atoms with Gasteiger partial charge in [-0.1, -0.05) is 12.1 Å². The number of benzene rings is 2. The Morgan fingerprint density at radius 1 is 0.725 bits per heavy atom. The largest absolute Gasteiger partial charge is 0.497 e. The normalized spacial score (nSPS) is 34.5. The van der Waals surface area contributed by atoms with Gasteiger partial charge >= 0.3 is 0 Å². The van der Waals surface area contributed by atoms with Crippen LogP contribution in [0.25, 0.3) is 22.1 Å². The molecule has 0 radical (unpaired) electrons. The van der Waals surface area contributed by atoms with Crippen molar-refractivity contribution in [1.29, 1.82) is 0 Å². The number of aliphatic hydroxyl groups excluding tert-OH is 6. The maximum atomic E-state index is 13.1. The lowest BCUT2D eigenvalue weighted by atomic mass is 10.00. The van der Waals surface area contributed by atoms with Gasteiger partial charge in [-0.3, -0.25) is 4.79 Å². The number of methoxy groups -OCH3 is 1. The molecule has 2 aliphatic heterocycles. The molecule has 13 nitrogen and oxygen atoms in total. The lowest BCUT2D eigenvalue weighted by Crippen LogP contribution is -2.63. The Balaban J connectivity index is 1.34. The molecule has 0 aliphatic carbocycles. The van der Waals surface area contributed by atoms with Crippen molar-refractivity contribution in [2.24, 2.45) is 0 Å². The molecule has 3 heterocycles. The highest BCUT2D eigenvalue weighted by atomic mass is 16.8. The van der Waals surface area contributed by atoms with Gasteiger partial charge in [0.25, 0.3) is 0 Å². The predicted molar refractivity (Wildman–Crippen MR) is 135 cm³/mol. The second-order valence-electron chi connectivity index (χ2n) is 9.64. The van der Waals surface area contributed by atoms with E-state index >= 15 is 0 Å². The molecule has 13 heteroatoms. The molecule has 2 aliphatic rings. The van der Waals surface area contributed by atoms with E-state index in [1.165, 1.54) is 31.4 Å². The minimum Gasteiger partial charge on any atom is -0.497 e. The molecular formula is C27H30O13. The monoisotopic (exact) mass is 562 g/mol. The summed E-state index contributed by atoms with van der Waals surface area (Å²) in [5, 5.41) is 61.6. The number of ether oxygens (including phenoxy) is 5. The van der Waals surface area contributed by atoms with E-state index in [-0.39, 0.29) is 22.1 Å². The van der Waals surface area contributed by atoms with Crippen LogP contribution < -0.4 is 14.9 Å². The molecule has 2 fully saturated rings. The summed E-state index contributed by atoms with van der Waals surface area (Å²) in [5.41, 5.74) is 0.869. The number of hydrogen-bond acceptors (Lipinski definition) is 13. The standard InChI is InChI=1S/C27H30O13/c1-11-18(28)20(30)22(32)25(37-11)39-27-24(34)21(31)23(33)26(40-27)38-14-7-8-15-17(9-14)36-10-16(19(15)29)12-3-5-13(35-2)6-4-12/h3-11,18,20-28,30-34H,1-2H3/t11-,18-,20+,21+,22+,23+,24-,25-,26+,27-/m0/s1. The van der Waals surface area contributed by atoms with Crippen LogP contribution >= 0.6 is 0 Å². The predicted octanol–water partition coefficient (Wildman–Crippen LogP) is -0.543. The number of aliphatic hydroxyl groups is 6. The zero-order valence-electron chi connectivity index (χ0n) is 21.4. The molecule has 0 amide bonds. The van der Waals surface area contributed by atoms with Crippen molar-refractivity contribution in [3.05, 3.63) is 59.0 Å². The Kier molecular flexibility index (Phi) is 8.10. The van der Waals surface area contributed by atoms with Gasteiger partial charge in [0.15, 0.2) is 18.0 Å². The summed E-state index contributed by atoms with van der Waals surface area (Å²) >= 11 is 0. The third-order valence-electron chi connectivity index (χ3n) is 7.00. The summed E-state index contributed by atoms with van der Waals surface area (Å²) in [7, 11) is 1.54. The van der Waals surface area contributed by atoms with E-state index in [9.17, 15) is 35.4 Å². The van der Waals surface area contributed by atoms with E-state index in [4.69, 9.17) is 28.1 Å². The van der Waals surface area contributed by atoms with Gasteiger partial charge in [0.2, 0.25) is 6.29 Å². The zero-order chi connectivity index (χ0) is 28.7. The SMILES string of the molecule is COc1ccc(-c2coc3cc(O[C@@H]4O[C@H](O[C@@H]5O[C@@H](C)[C@H](O)[C@@H](O)[C@H]5O)[C@@H](O)[C@H](O)[C@H]4O)ccc3c2=O)cc1. The molecule has 0 unspecified atom stereocenters. The minimum atomic E-state index is -1.79. The molecule has 1 aromatic heterocycles. The molecule has 40 heavy (non-hydrogen) atoms. The second kappa shape index (κ2) is 11.4. The van der Waals surface area contributed by atoms with Crippen molar-refractivity contribution in [2.75, 3.05) is 7.11 Å². The van der Waals surface area contributed by atoms with Crippen LogP contribution in [-0.4, -0.2) is 99.3 Å². The van der Waals surface area contributed by atoms with Crippen LogP contribution in [0.1, 0.15) is 6.92 Å². The highest BCUT2D eigenvalue weighted by Gasteiger charge is 2.49. The lowest BCUT2D eigenvalue weighted by Gasteiger charge is -2.44. The molecular weight excluding hydrogens is 532 g/mol. The number of hydrogen-bond donors (Lipinski definition) is 6. The van der Waals surface area contributed by atoms with Crippen molar-refractivity contribution in [2.45, 2.75) is 68.5 Å². The fourth-order valence-electron chi connectivity index (χ4n) is 4.57. The molecule has 2 aromatic carbocycles. The second-order valence-corrected chi connectivity index (χ2v) is 9.64. The fourth-order valence-corrected chi connectivity index (χ4v) is 4.57. The molecule has 0 saturated carbocycles. The molecule has 0 spiro atoms. The lowest BCUT2D eigenvalue weighted by molar-refractivity contribution is -0.388. The van der Waals surface area contributed by atoms with E-state index in [0.29, 0.717) is 16.9 Å². The highest BCUT2D eigenvalue weighted by molar-refractivity contribution is 5.82. The third kappa shape index (κ3) is 5.31. The van der Waals surface area contributed by atoms with Crippen LogP contribution in [0.15, 0.2) is 57.9 Å². The van der Waals surface area contributed by atoms with Crippen LogP contribution in [-0.2, 0) is 14.2 Å². The fraction of sp³-hybridized carbons (Fsp3) is 0.444. The average Bonchev–Trinajstić information content (AvgIpc) is 2.96. The van der Waals surface area contributed by atoms with Crippen molar-refractivity contribution < 1.29 is 58.7 Å². The molecule has 3 aromatic rings. The zero-order valence-corrected chi connectivity index (χ0v) is 21.4. The summed E-state index contributed by atoms with van der Waals surface area (Å²) in [5.74, 6) is 0.738. The van der Waals surface area contributed by atoms with Crippen LogP contribution in [0.2, 0.25) is 0 Å². The van der Waals surface area contributed by atoms with Gasteiger partial charge < -0.3 is 58.7 Å². The summed E-state index contributed by atoms with van der Waals surface area (Å²) in [6.45, 7) is 1.44. The van der Waals surface area contributed by atoms with Gasteiger partial charge in [-0.25, -0.2) is 0 Å². The van der Waals surface area contributed by atoms with Gasteiger partial charge in [0.1, 0.15) is 60.0 Å². The van der Waals surface area contributed by atoms with E-state index in [0.717, 1.165) is 0 Å². The summed E-state index contributed by atoms with van der Waals surface area (Å²) in [4.78, 5) is 13.1. The van der Waals surface area contributed by atoms with E-state index in [2.05, 4.69) is 0 Å². The van der Waals surface area contributed by atoms with Crippen molar-refractivity contribution in [3.8, 4) is 22.6 Å². The van der Waals surface area contributed by atoms with Crippen LogP contribution in [0.4, 0.5) is 0 Å². The number of rotatable bonds is 6. The van der Waals surface area contributed by atoms with Gasteiger partial charge in [-0.15, -0.1) is 0 Å². The Hall–Kier alpha value is -3.11. The van der Waals surface area contributed by atoms with Crippen LogP contribution in [0.3, 0.4) is 0 Å². The van der Waals surface area contributed by atoms with Crippen LogP contribution in [0.5, 0.6) is 11.5 Å². The molecule has 10 atom stereocenters. The summed E-state index contributed by atoms with van der Waals surface area (Å²) < 4.78 is 32.8. The highest BCUT2D eigenvalue weighted by Crippen LogP contribution is 2.30. The quantitative estimate of drug-likeness (QED) is 0.224. The van der Waals surface area contributed by atoms with E-state index in [1.54, 1.807) is 31.4 Å². The first-order valence-electron chi connectivity index (χ1n) is 12.5. The van der Waals surface area contributed by atoms with Gasteiger partial charge in [0.05, 0.1) is 24.2 Å². The Morgan fingerprint density at radius 2 is 1.32 bits per heavy atom. The first-order valence-corrected chi connectivity index (χ1v) is 12.5. The maximum Gasteiger partial charge on any atom is 0.231 e. The number of fused-ring (bicyclic) bond motifs is 1. The molecule has 6 N–H and O–H groups in total. The average molecular weight is 563 g/mol. The van der Waals surface area contributed by atoms with Crippen molar-refractivity contribution in [1.82, 2.24) is 0 Å². The third-order valence-corrected chi connectivity index (χ3v) is 7.00. The van der Waals surface area contributed by atoms with E-state index in [1.807, 2.05) is 0 Å². The molecule has 0 bridgehead atoms. The smallest absolute Gasteiger partial charge is 0.231 e.